The molecule has 0 saturated heterocycles. The summed E-state index contributed by atoms with van der Waals surface area (Å²) in [5, 5.41) is 2.94. The Bertz CT molecular complexity index is 389. The summed E-state index contributed by atoms with van der Waals surface area (Å²) in [6.45, 7) is 9.59. The zero-order chi connectivity index (χ0) is 13.2. The molecule has 3 N–H and O–H groups in total. The maximum Gasteiger partial charge on any atom is 0.243 e. The Hall–Kier alpha value is -1.36. The van der Waals surface area contributed by atoms with Crippen molar-refractivity contribution in [3.05, 3.63) is 18.2 Å². The van der Waals surface area contributed by atoms with Gasteiger partial charge in [-0.1, -0.05) is 0 Å². The third kappa shape index (κ3) is 3.56. The Labute approximate surface area is 102 Å². The molecular weight excluding hydrogens is 216 g/mol. The maximum absolute atomic E-state index is 12.0. The Balaban J connectivity index is 2.85. The molecule has 96 valence electrons. The minimum Gasteiger partial charge on any atom is -0.350 e. The highest BCUT2D eigenvalue weighted by molar-refractivity contribution is 5.80. The van der Waals surface area contributed by atoms with E-state index in [-0.39, 0.29) is 23.5 Å². The molecule has 0 bridgehead atoms. The fourth-order valence-electron chi connectivity index (χ4n) is 1.59. The summed E-state index contributed by atoms with van der Waals surface area (Å²) < 4.78 is 1.81. The summed E-state index contributed by atoms with van der Waals surface area (Å²) in [4.78, 5) is 16.1. The Morgan fingerprint density at radius 3 is 2.53 bits per heavy atom. The first-order chi connectivity index (χ1) is 7.72. The van der Waals surface area contributed by atoms with E-state index in [1.807, 2.05) is 39.2 Å². The number of nitrogens with zero attached hydrogens (tertiary/aromatic N) is 2. The van der Waals surface area contributed by atoms with Crippen molar-refractivity contribution in [2.45, 2.75) is 52.2 Å². The number of carbonyl (C=O) groups excluding carboxylic acids is 1. The number of carbonyl (C=O) groups is 1. The highest BCUT2D eigenvalue weighted by Gasteiger charge is 2.22. The van der Waals surface area contributed by atoms with Crippen LogP contribution in [-0.4, -0.2) is 21.0 Å². The highest BCUT2D eigenvalue weighted by atomic mass is 16.2. The molecule has 1 unspecified atom stereocenters. The second-order valence-corrected chi connectivity index (χ2v) is 5.43. The van der Waals surface area contributed by atoms with Gasteiger partial charge in [0.25, 0.3) is 0 Å². The van der Waals surface area contributed by atoms with Crippen molar-refractivity contribution >= 4 is 5.91 Å². The van der Waals surface area contributed by atoms with Crippen LogP contribution in [-0.2, 0) is 4.79 Å². The average Bonchev–Trinajstić information content (AvgIpc) is 2.61. The van der Waals surface area contributed by atoms with Gasteiger partial charge >= 0.3 is 0 Å². The smallest absolute Gasteiger partial charge is 0.243 e. The monoisotopic (exact) mass is 238 g/mol. The Morgan fingerprint density at radius 2 is 2.06 bits per heavy atom. The van der Waals surface area contributed by atoms with Gasteiger partial charge in [0.05, 0.1) is 12.0 Å². The number of rotatable bonds is 3. The van der Waals surface area contributed by atoms with Crippen molar-refractivity contribution in [1.82, 2.24) is 14.9 Å². The van der Waals surface area contributed by atoms with Gasteiger partial charge < -0.3 is 15.6 Å². The molecule has 0 saturated carbocycles. The van der Waals surface area contributed by atoms with E-state index >= 15 is 0 Å². The Morgan fingerprint density at radius 1 is 1.47 bits per heavy atom. The van der Waals surface area contributed by atoms with Gasteiger partial charge in [-0.25, -0.2) is 4.98 Å². The van der Waals surface area contributed by atoms with Crippen LogP contribution in [0.2, 0.25) is 0 Å². The molecule has 0 radical (unpaired) electrons. The first-order valence-corrected chi connectivity index (χ1v) is 5.81. The zero-order valence-corrected chi connectivity index (χ0v) is 11.2. The fraction of sp³-hybridized carbons (Fsp3) is 0.667. The molecule has 17 heavy (non-hydrogen) atoms. The molecule has 0 aliphatic heterocycles. The topological polar surface area (TPSA) is 72.9 Å². The molecule has 1 heterocycles. The number of aromatic nitrogens is 2. The molecule has 0 aliphatic rings. The standard InChI is InChI=1S/C12H22N4O/c1-8(13)10-6-14-7-16(10)9(2)11(17)15-12(3,4)5/h6-9H,13H2,1-5H3,(H,15,17)/t8-,9?/m0/s1. The first kappa shape index (κ1) is 13.7. The van der Waals surface area contributed by atoms with Crippen molar-refractivity contribution < 1.29 is 4.79 Å². The summed E-state index contributed by atoms with van der Waals surface area (Å²) in [6.07, 6.45) is 3.34. The predicted molar refractivity (Wildman–Crippen MR) is 67.4 cm³/mol. The van der Waals surface area contributed by atoms with E-state index in [1.54, 1.807) is 12.5 Å². The molecule has 1 amide bonds. The summed E-state index contributed by atoms with van der Waals surface area (Å²) in [6, 6.07) is -0.444. The lowest BCUT2D eigenvalue weighted by molar-refractivity contribution is -0.125. The molecule has 0 spiro atoms. The number of amides is 1. The Kier molecular flexibility index (Phi) is 3.93. The van der Waals surface area contributed by atoms with E-state index in [0.29, 0.717) is 0 Å². The van der Waals surface area contributed by atoms with Crippen LogP contribution in [0.3, 0.4) is 0 Å². The van der Waals surface area contributed by atoms with Crippen LogP contribution in [0.4, 0.5) is 0 Å². The van der Waals surface area contributed by atoms with Crippen molar-refractivity contribution in [3.8, 4) is 0 Å². The van der Waals surface area contributed by atoms with E-state index in [1.165, 1.54) is 0 Å². The number of imidazole rings is 1. The number of hydrogen-bond acceptors (Lipinski definition) is 3. The molecule has 1 rings (SSSR count). The average molecular weight is 238 g/mol. The zero-order valence-electron chi connectivity index (χ0n) is 11.2. The van der Waals surface area contributed by atoms with Crippen LogP contribution in [0.15, 0.2) is 12.5 Å². The largest absolute Gasteiger partial charge is 0.350 e. The van der Waals surface area contributed by atoms with Crippen LogP contribution in [0.1, 0.15) is 52.4 Å². The van der Waals surface area contributed by atoms with Crippen LogP contribution < -0.4 is 11.1 Å². The molecule has 5 heteroatoms. The van der Waals surface area contributed by atoms with E-state index in [4.69, 9.17) is 5.73 Å². The van der Waals surface area contributed by atoms with Crippen molar-refractivity contribution in [3.63, 3.8) is 0 Å². The predicted octanol–water partition coefficient (Wildman–Crippen LogP) is 1.38. The van der Waals surface area contributed by atoms with Crippen molar-refractivity contribution in [2.75, 3.05) is 0 Å². The van der Waals surface area contributed by atoms with E-state index in [0.717, 1.165) is 5.69 Å². The van der Waals surface area contributed by atoms with E-state index in [9.17, 15) is 4.79 Å². The first-order valence-electron chi connectivity index (χ1n) is 5.81. The molecule has 2 atom stereocenters. The summed E-state index contributed by atoms with van der Waals surface area (Å²) in [7, 11) is 0. The molecule has 0 aliphatic carbocycles. The van der Waals surface area contributed by atoms with Crippen LogP contribution in [0, 0.1) is 0 Å². The third-order valence-electron chi connectivity index (χ3n) is 2.46. The lowest BCUT2D eigenvalue weighted by atomic mass is 10.1. The maximum atomic E-state index is 12.0. The highest BCUT2D eigenvalue weighted by Crippen LogP contribution is 2.16. The summed E-state index contributed by atoms with van der Waals surface area (Å²) in [5.74, 6) is -0.0302. The normalized spacial score (nSPS) is 15.4. The fourth-order valence-corrected chi connectivity index (χ4v) is 1.59. The molecular formula is C12H22N4O. The molecule has 5 nitrogen and oxygen atoms in total. The van der Waals surface area contributed by atoms with Crippen molar-refractivity contribution in [2.24, 2.45) is 5.73 Å². The third-order valence-corrected chi connectivity index (χ3v) is 2.46. The lowest BCUT2D eigenvalue weighted by Gasteiger charge is -2.25. The quantitative estimate of drug-likeness (QED) is 0.835. The summed E-state index contributed by atoms with van der Waals surface area (Å²) >= 11 is 0. The second kappa shape index (κ2) is 4.87. The van der Waals surface area contributed by atoms with E-state index < -0.39 is 0 Å². The van der Waals surface area contributed by atoms with Crippen LogP contribution in [0.5, 0.6) is 0 Å². The molecule has 1 aromatic heterocycles. The van der Waals surface area contributed by atoms with Crippen LogP contribution >= 0.6 is 0 Å². The lowest BCUT2D eigenvalue weighted by Crippen LogP contribution is -2.44. The second-order valence-electron chi connectivity index (χ2n) is 5.43. The van der Waals surface area contributed by atoms with Gasteiger partial charge in [0.15, 0.2) is 0 Å². The molecule has 0 fully saturated rings. The molecule has 0 aromatic carbocycles. The minimum absolute atomic E-state index is 0.0302. The van der Waals surface area contributed by atoms with Gasteiger partial charge in [-0.05, 0) is 34.6 Å². The van der Waals surface area contributed by atoms with Gasteiger partial charge in [0, 0.05) is 17.8 Å². The minimum atomic E-state index is -0.308. The van der Waals surface area contributed by atoms with Gasteiger partial charge in [-0.2, -0.15) is 0 Å². The molecule has 1 aromatic rings. The SMILES string of the molecule is CC(C(=O)NC(C)(C)C)n1cncc1[C@H](C)N. The number of nitrogens with one attached hydrogen (secondary N) is 1. The van der Waals surface area contributed by atoms with Gasteiger partial charge in [-0.3, -0.25) is 4.79 Å². The van der Waals surface area contributed by atoms with Crippen molar-refractivity contribution in [1.29, 1.82) is 0 Å². The van der Waals surface area contributed by atoms with Gasteiger partial charge in [-0.15, -0.1) is 0 Å². The number of hydrogen-bond donors (Lipinski definition) is 2. The number of nitrogens with two attached hydrogens (primary N) is 1. The van der Waals surface area contributed by atoms with Gasteiger partial charge in [0.1, 0.15) is 6.04 Å². The van der Waals surface area contributed by atoms with E-state index in [2.05, 4.69) is 10.3 Å². The van der Waals surface area contributed by atoms with Gasteiger partial charge in [0.2, 0.25) is 5.91 Å². The van der Waals surface area contributed by atoms with Crippen LogP contribution in [0.25, 0.3) is 0 Å². The summed E-state index contributed by atoms with van der Waals surface area (Å²) in [5.41, 5.74) is 6.46.